The molecule has 110 valence electrons. The molecule has 1 aromatic heterocycles. The summed E-state index contributed by atoms with van der Waals surface area (Å²) in [5.41, 5.74) is 7.35. The summed E-state index contributed by atoms with van der Waals surface area (Å²) >= 11 is 7.67. The summed E-state index contributed by atoms with van der Waals surface area (Å²) in [5, 5.41) is 11.4. The van der Waals surface area contributed by atoms with Crippen LogP contribution in [0.1, 0.15) is 5.56 Å². The van der Waals surface area contributed by atoms with Gasteiger partial charge in [0, 0.05) is 54.0 Å². The number of nitrogens with zero attached hydrogens (tertiary/aromatic N) is 3. The maximum absolute atomic E-state index is 7.72. The third kappa shape index (κ3) is 2.96. The van der Waals surface area contributed by atoms with Crippen molar-refractivity contribution in [1.29, 1.82) is 5.41 Å². The zero-order valence-electron chi connectivity index (χ0n) is 11.4. The van der Waals surface area contributed by atoms with E-state index in [2.05, 4.69) is 14.8 Å². The molecule has 1 aromatic carbocycles. The summed E-state index contributed by atoms with van der Waals surface area (Å²) < 4.78 is 0. The molecule has 0 atom stereocenters. The van der Waals surface area contributed by atoms with Gasteiger partial charge in [0.1, 0.15) is 5.84 Å². The second kappa shape index (κ2) is 5.91. The first-order valence-corrected chi connectivity index (χ1v) is 7.94. The van der Waals surface area contributed by atoms with Crippen LogP contribution in [-0.2, 0) is 0 Å². The number of nitrogen functional groups attached to an aromatic ring is 1. The van der Waals surface area contributed by atoms with E-state index in [0.29, 0.717) is 10.6 Å². The highest BCUT2D eigenvalue weighted by molar-refractivity contribution is 7.13. The van der Waals surface area contributed by atoms with Crippen molar-refractivity contribution in [2.45, 2.75) is 0 Å². The summed E-state index contributed by atoms with van der Waals surface area (Å²) in [5.74, 6) is 0.0508. The lowest BCUT2D eigenvalue weighted by Crippen LogP contribution is -2.47. The highest BCUT2D eigenvalue weighted by Gasteiger charge is 2.21. The molecule has 0 saturated carbocycles. The number of anilines is 2. The highest BCUT2D eigenvalue weighted by atomic mass is 35.5. The minimum Gasteiger partial charge on any atom is -0.384 e. The van der Waals surface area contributed by atoms with Crippen LogP contribution in [0.25, 0.3) is 0 Å². The smallest absolute Gasteiger partial charge is 0.185 e. The van der Waals surface area contributed by atoms with Gasteiger partial charge in [0.25, 0.3) is 0 Å². The lowest BCUT2D eigenvalue weighted by molar-refractivity contribution is 0.652. The quantitative estimate of drug-likeness (QED) is 0.673. The van der Waals surface area contributed by atoms with Crippen molar-refractivity contribution >= 4 is 39.6 Å². The van der Waals surface area contributed by atoms with Crippen molar-refractivity contribution in [2.75, 3.05) is 36.0 Å². The number of thiazole rings is 1. The number of rotatable bonds is 3. The molecule has 21 heavy (non-hydrogen) atoms. The lowest BCUT2D eigenvalue weighted by atomic mass is 10.1. The van der Waals surface area contributed by atoms with E-state index in [9.17, 15) is 0 Å². The Hall–Kier alpha value is -1.79. The van der Waals surface area contributed by atoms with E-state index in [4.69, 9.17) is 22.7 Å². The van der Waals surface area contributed by atoms with Gasteiger partial charge >= 0.3 is 0 Å². The van der Waals surface area contributed by atoms with Crippen LogP contribution in [0, 0.1) is 5.41 Å². The number of hydrogen-bond acceptors (Lipinski definition) is 5. The van der Waals surface area contributed by atoms with Crippen molar-refractivity contribution in [2.24, 2.45) is 5.73 Å². The monoisotopic (exact) mass is 321 g/mol. The number of piperazine rings is 1. The first kappa shape index (κ1) is 14.2. The molecule has 0 amide bonds. The third-order valence-corrected chi connectivity index (χ3v) is 4.63. The largest absolute Gasteiger partial charge is 0.384 e. The van der Waals surface area contributed by atoms with Gasteiger partial charge in [-0.25, -0.2) is 4.98 Å². The van der Waals surface area contributed by atoms with Crippen LogP contribution in [0.5, 0.6) is 0 Å². The van der Waals surface area contributed by atoms with Gasteiger partial charge in [-0.2, -0.15) is 0 Å². The Morgan fingerprint density at radius 2 is 1.95 bits per heavy atom. The fraction of sp³-hybridized carbons (Fsp3) is 0.286. The molecule has 2 heterocycles. The van der Waals surface area contributed by atoms with Crippen LogP contribution >= 0.6 is 22.9 Å². The minimum atomic E-state index is 0.0508. The molecule has 0 bridgehead atoms. The topological polar surface area (TPSA) is 69.2 Å². The van der Waals surface area contributed by atoms with E-state index < -0.39 is 0 Å². The number of nitrogens with one attached hydrogen (secondary N) is 1. The molecule has 0 unspecified atom stereocenters. The Balaban J connectivity index is 1.76. The van der Waals surface area contributed by atoms with E-state index >= 15 is 0 Å². The van der Waals surface area contributed by atoms with Crippen molar-refractivity contribution in [3.05, 3.63) is 40.4 Å². The standard InChI is InChI=1S/C14H16ClN5S/c15-10-1-2-12(11(9-10)13(16)17)19-4-6-20(7-5-19)14-18-3-8-21-14/h1-3,8-9H,4-7H2,(H3,16,17). The molecule has 1 saturated heterocycles. The van der Waals surface area contributed by atoms with Gasteiger partial charge in [0.05, 0.1) is 0 Å². The van der Waals surface area contributed by atoms with Crippen LogP contribution in [0.3, 0.4) is 0 Å². The van der Waals surface area contributed by atoms with Gasteiger partial charge in [-0.15, -0.1) is 11.3 Å². The van der Waals surface area contributed by atoms with Crippen molar-refractivity contribution in [3.8, 4) is 0 Å². The summed E-state index contributed by atoms with van der Waals surface area (Å²) in [4.78, 5) is 8.88. The van der Waals surface area contributed by atoms with Crippen molar-refractivity contribution in [3.63, 3.8) is 0 Å². The Morgan fingerprint density at radius 3 is 2.57 bits per heavy atom. The predicted molar refractivity (Wildman–Crippen MR) is 89.0 cm³/mol. The van der Waals surface area contributed by atoms with Crippen LogP contribution < -0.4 is 15.5 Å². The van der Waals surface area contributed by atoms with E-state index in [-0.39, 0.29) is 5.84 Å². The second-order valence-electron chi connectivity index (χ2n) is 4.86. The number of nitrogens with two attached hydrogens (primary N) is 1. The van der Waals surface area contributed by atoms with Gasteiger partial charge in [0.2, 0.25) is 0 Å². The zero-order valence-corrected chi connectivity index (χ0v) is 13.0. The molecular weight excluding hydrogens is 306 g/mol. The van der Waals surface area contributed by atoms with Gasteiger partial charge in [-0.3, -0.25) is 5.41 Å². The molecule has 0 spiro atoms. The molecule has 7 heteroatoms. The average molecular weight is 322 g/mol. The molecule has 3 N–H and O–H groups in total. The maximum Gasteiger partial charge on any atom is 0.185 e. The zero-order chi connectivity index (χ0) is 14.8. The predicted octanol–water partition coefficient (Wildman–Crippen LogP) is 2.41. The first-order valence-electron chi connectivity index (χ1n) is 6.68. The molecule has 2 aromatic rings. The molecule has 3 rings (SSSR count). The van der Waals surface area contributed by atoms with E-state index in [1.54, 1.807) is 17.4 Å². The van der Waals surface area contributed by atoms with Gasteiger partial charge in [-0.1, -0.05) is 11.6 Å². The fourth-order valence-electron chi connectivity index (χ4n) is 2.51. The molecule has 0 aliphatic carbocycles. The van der Waals surface area contributed by atoms with Crippen molar-refractivity contribution < 1.29 is 0 Å². The minimum absolute atomic E-state index is 0.0508. The Kier molecular flexibility index (Phi) is 3.98. The summed E-state index contributed by atoms with van der Waals surface area (Å²) in [6, 6.07) is 5.54. The first-order chi connectivity index (χ1) is 10.1. The Labute approximate surface area is 132 Å². The average Bonchev–Trinajstić information content (AvgIpc) is 3.01. The van der Waals surface area contributed by atoms with Gasteiger partial charge in [0.15, 0.2) is 5.13 Å². The van der Waals surface area contributed by atoms with E-state index in [0.717, 1.165) is 37.0 Å². The van der Waals surface area contributed by atoms with Crippen LogP contribution in [0.15, 0.2) is 29.8 Å². The number of benzene rings is 1. The van der Waals surface area contributed by atoms with E-state index in [1.807, 2.05) is 23.7 Å². The summed E-state index contributed by atoms with van der Waals surface area (Å²) in [6.07, 6.45) is 1.83. The summed E-state index contributed by atoms with van der Waals surface area (Å²) in [6.45, 7) is 3.57. The second-order valence-corrected chi connectivity index (χ2v) is 6.17. The van der Waals surface area contributed by atoms with Gasteiger partial charge in [-0.05, 0) is 18.2 Å². The van der Waals surface area contributed by atoms with E-state index in [1.165, 1.54) is 0 Å². The van der Waals surface area contributed by atoms with Crippen LogP contribution in [0.2, 0.25) is 5.02 Å². The fourth-order valence-corrected chi connectivity index (χ4v) is 3.38. The third-order valence-electron chi connectivity index (χ3n) is 3.56. The van der Waals surface area contributed by atoms with Gasteiger partial charge < -0.3 is 15.5 Å². The number of aromatic nitrogens is 1. The maximum atomic E-state index is 7.72. The Bertz CT molecular complexity index is 635. The normalized spacial score (nSPS) is 15.3. The number of halogens is 1. The number of amidine groups is 1. The highest BCUT2D eigenvalue weighted by Crippen LogP contribution is 2.26. The molecule has 1 aliphatic rings. The van der Waals surface area contributed by atoms with Crippen LogP contribution in [-0.4, -0.2) is 37.0 Å². The molecule has 1 aliphatic heterocycles. The molecular formula is C14H16ClN5S. The molecule has 0 radical (unpaired) electrons. The Morgan fingerprint density at radius 1 is 1.24 bits per heavy atom. The lowest BCUT2D eigenvalue weighted by Gasteiger charge is -2.36. The van der Waals surface area contributed by atoms with Crippen LogP contribution in [0.4, 0.5) is 10.8 Å². The SMILES string of the molecule is N=C(N)c1cc(Cl)ccc1N1CCN(c2nccs2)CC1. The molecule has 1 fully saturated rings. The molecule has 5 nitrogen and oxygen atoms in total. The van der Waals surface area contributed by atoms with Crippen molar-refractivity contribution in [1.82, 2.24) is 4.98 Å². The summed E-state index contributed by atoms with van der Waals surface area (Å²) in [7, 11) is 0. The number of hydrogen-bond donors (Lipinski definition) is 2.